The van der Waals surface area contributed by atoms with Crippen molar-refractivity contribution in [1.82, 2.24) is 0 Å². The van der Waals surface area contributed by atoms with Gasteiger partial charge in [0.1, 0.15) is 19.3 Å². The minimum atomic E-state index is -0.541. The Balaban J connectivity index is -0.000000240. The van der Waals surface area contributed by atoms with E-state index in [0.29, 0.717) is 0 Å². The highest BCUT2D eigenvalue weighted by molar-refractivity contribution is 5.92. The molecule has 0 N–H and O–H groups in total. The number of rotatable bonds is 12. The maximum absolute atomic E-state index is 10.9. The summed E-state index contributed by atoms with van der Waals surface area (Å²) in [5.41, 5.74) is 0. The van der Waals surface area contributed by atoms with Crippen LogP contribution in [-0.4, -0.2) is 89.8 Å². The molecule has 12 nitrogen and oxygen atoms in total. The zero-order chi connectivity index (χ0) is 31.3. The first-order valence-electron chi connectivity index (χ1n) is 12.9. The Morgan fingerprint density at radius 1 is 0.325 bits per heavy atom. The molecule has 0 heterocycles. The highest BCUT2D eigenvalue weighted by atomic mass is 27.0. The van der Waals surface area contributed by atoms with Gasteiger partial charge in [-0.25, -0.2) is 0 Å². The fraction of sp³-hybridized carbons (Fsp3) is 0.778. The standard InChI is InChI=1S/3C9H16O4.Al.3H/c3*1-6(2)12-8(10)5-9(11)13-7(3)4;;;;/h3*6-7H,5H2,1-4H3;;;;. The monoisotopic (exact) mass is 594 g/mol. The number of hydrogen-bond donors (Lipinski definition) is 0. The smallest absolute Gasteiger partial charge is 0.317 e. The highest BCUT2D eigenvalue weighted by Crippen LogP contribution is 2.00. The van der Waals surface area contributed by atoms with Gasteiger partial charge in [0.05, 0.1) is 36.6 Å². The Bertz CT molecular complexity index is 599. The van der Waals surface area contributed by atoms with Gasteiger partial charge in [-0.1, -0.05) is 0 Å². The molecule has 0 fully saturated rings. The van der Waals surface area contributed by atoms with Gasteiger partial charge in [-0.2, -0.15) is 0 Å². The first-order chi connectivity index (χ1) is 17.7. The van der Waals surface area contributed by atoms with Crippen molar-refractivity contribution in [3.8, 4) is 0 Å². The van der Waals surface area contributed by atoms with Crippen molar-refractivity contribution in [2.75, 3.05) is 0 Å². The molecule has 0 aromatic carbocycles. The van der Waals surface area contributed by atoms with Crippen LogP contribution in [0.4, 0.5) is 0 Å². The maximum atomic E-state index is 10.9. The molecule has 0 aliphatic heterocycles. The third-order valence-electron chi connectivity index (χ3n) is 3.07. The van der Waals surface area contributed by atoms with Crippen molar-refractivity contribution in [3.05, 3.63) is 0 Å². The molecule has 0 aromatic heterocycles. The second kappa shape index (κ2) is 25.3. The number of carbonyl (C=O) groups is 6. The average molecular weight is 595 g/mol. The van der Waals surface area contributed by atoms with E-state index in [0.717, 1.165) is 0 Å². The van der Waals surface area contributed by atoms with Crippen LogP contribution < -0.4 is 0 Å². The zero-order valence-corrected chi connectivity index (χ0v) is 25.5. The van der Waals surface area contributed by atoms with Crippen LogP contribution >= 0.6 is 0 Å². The lowest BCUT2D eigenvalue weighted by Crippen LogP contribution is -2.19. The lowest BCUT2D eigenvalue weighted by atomic mass is 10.4. The largest absolute Gasteiger partial charge is 0.463 e. The summed E-state index contributed by atoms with van der Waals surface area (Å²) in [7, 11) is 0. The molecular formula is C27H51AlO12. The van der Waals surface area contributed by atoms with Crippen LogP contribution in [0.2, 0.25) is 0 Å². The predicted octanol–water partition coefficient (Wildman–Crippen LogP) is 2.66. The summed E-state index contributed by atoms with van der Waals surface area (Å²) < 4.78 is 28.6. The lowest BCUT2D eigenvalue weighted by Gasteiger charge is -2.09. The second-order valence-electron chi connectivity index (χ2n) is 9.76. The third-order valence-corrected chi connectivity index (χ3v) is 3.07. The first kappa shape index (κ1) is 44.4. The van der Waals surface area contributed by atoms with Crippen molar-refractivity contribution in [3.63, 3.8) is 0 Å². The van der Waals surface area contributed by atoms with E-state index in [9.17, 15) is 28.8 Å². The summed E-state index contributed by atoms with van der Waals surface area (Å²) in [5, 5.41) is 0. The Morgan fingerprint density at radius 3 is 0.500 bits per heavy atom. The number of carbonyl (C=O) groups excluding carboxylic acids is 6. The van der Waals surface area contributed by atoms with E-state index in [2.05, 4.69) is 0 Å². The van der Waals surface area contributed by atoms with Gasteiger partial charge < -0.3 is 28.4 Å². The molecule has 0 spiro atoms. The third kappa shape index (κ3) is 37.5. The van der Waals surface area contributed by atoms with E-state index in [-0.39, 0.29) is 73.2 Å². The molecule has 0 aromatic rings. The van der Waals surface area contributed by atoms with Gasteiger partial charge in [-0.3, -0.25) is 28.8 Å². The van der Waals surface area contributed by atoms with E-state index < -0.39 is 35.8 Å². The average Bonchev–Trinajstić information content (AvgIpc) is 2.64. The Morgan fingerprint density at radius 2 is 0.425 bits per heavy atom. The summed E-state index contributed by atoms with van der Waals surface area (Å²) in [6, 6.07) is 0. The molecule has 0 amide bonds. The molecule has 0 unspecified atom stereocenters. The minimum Gasteiger partial charge on any atom is -0.463 e. The minimum absolute atomic E-state index is 0. The van der Waals surface area contributed by atoms with Gasteiger partial charge in [-0.05, 0) is 83.1 Å². The van der Waals surface area contributed by atoms with Gasteiger partial charge in [-0.15, -0.1) is 0 Å². The van der Waals surface area contributed by atoms with Gasteiger partial charge in [0, 0.05) is 0 Å². The fourth-order valence-corrected chi connectivity index (χ4v) is 2.18. The SMILES string of the molecule is CC(C)OC(=O)CC(=O)OC(C)C.CC(C)OC(=O)CC(=O)OC(C)C.CC(C)OC(=O)CC(=O)OC(C)C.[AlH3]. The molecule has 0 radical (unpaired) electrons. The molecule has 13 heteroatoms. The van der Waals surface area contributed by atoms with Crippen LogP contribution in [0, 0.1) is 0 Å². The number of ether oxygens (including phenoxy) is 6. The van der Waals surface area contributed by atoms with E-state index in [1.807, 2.05) is 0 Å². The van der Waals surface area contributed by atoms with Gasteiger partial charge in [0.2, 0.25) is 0 Å². The second-order valence-corrected chi connectivity index (χ2v) is 9.76. The molecule has 0 aliphatic rings. The lowest BCUT2D eigenvalue weighted by molar-refractivity contribution is -0.160. The van der Waals surface area contributed by atoms with E-state index in [1.165, 1.54) is 0 Å². The molecule has 0 bridgehead atoms. The molecule has 234 valence electrons. The van der Waals surface area contributed by atoms with Crippen molar-refractivity contribution in [1.29, 1.82) is 0 Å². The molecule has 0 saturated carbocycles. The quantitative estimate of drug-likeness (QED) is 0.141. The van der Waals surface area contributed by atoms with Crippen LogP contribution in [0.1, 0.15) is 102 Å². The number of esters is 6. The first-order valence-corrected chi connectivity index (χ1v) is 12.9. The van der Waals surface area contributed by atoms with Crippen LogP contribution in [0.5, 0.6) is 0 Å². The Hall–Kier alpha value is -2.65. The van der Waals surface area contributed by atoms with Crippen molar-refractivity contribution < 1.29 is 57.2 Å². The molecule has 0 saturated heterocycles. The number of hydrogen-bond acceptors (Lipinski definition) is 12. The normalized spacial score (nSPS) is 10.1. The van der Waals surface area contributed by atoms with Crippen LogP contribution in [0.25, 0.3) is 0 Å². The van der Waals surface area contributed by atoms with Gasteiger partial charge in [0.15, 0.2) is 17.4 Å². The van der Waals surface area contributed by atoms with Crippen LogP contribution in [0.3, 0.4) is 0 Å². The van der Waals surface area contributed by atoms with Gasteiger partial charge in [0.25, 0.3) is 0 Å². The van der Waals surface area contributed by atoms with E-state index in [4.69, 9.17) is 28.4 Å². The van der Waals surface area contributed by atoms with E-state index in [1.54, 1.807) is 83.1 Å². The van der Waals surface area contributed by atoms with Gasteiger partial charge >= 0.3 is 35.8 Å². The summed E-state index contributed by atoms with van der Waals surface area (Å²) >= 11 is 0. The molecule has 40 heavy (non-hydrogen) atoms. The van der Waals surface area contributed by atoms with Crippen LogP contribution in [0.15, 0.2) is 0 Å². The molecule has 0 atom stereocenters. The molecular weight excluding hydrogens is 543 g/mol. The Labute approximate surface area is 249 Å². The van der Waals surface area contributed by atoms with Crippen molar-refractivity contribution in [2.45, 2.75) is 139 Å². The molecule has 0 rings (SSSR count). The van der Waals surface area contributed by atoms with E-state index >= 15 is 0 Å². The summed E-state index contributed by atoms with van der Waals surface area (Å²) in [4.78, 5) is 65.5. The summed E-state index contributed by atoms with van der Waals surface area (Å²) in [5.74, 6) is -3.25. The summed E-state index contributed by atoms with van der Waals surface area (Å²) in [6.45, 7) is 20.7. The van der Waals surface area contributed by atoms with Crippen LogP contribution in [-0.2, 0) is 57.2 Å². The maximum Gasteiger partial charge on any atom is 0.317 e. The summed E-state index contributed by atoms with van der Waals surface area (Å²) in [6.07, 6.45) is -2.10. The van der Waals surface area contributed by atoms with Crippen molar-refractivity contribution in [2.24, 2.45) is 0 Å². The zero-order valence-electron chi connectivity index (χ0n) is 25.5. The highest BCUT2D eigenvalue weighted by Gasteiger charge is 2.16. The molecule has 0 aliphatic carbocycles. The fourth-order valence-electron chi connectivity index (χ4n) is 2.18. The van der Waals surface area contributed by atoms with Crippen molar-refractivity contribution >= 4 is 53.2 Å². The Kier molecular flexibility index (Phi) is 28.1. The topological polar surface area (TPSA) is 158 Å². The predicted molar refractivity (Wildman–Crippen MR) is 151 cm³/mol.